The fourth-order valence-corrected chi connectivity index (χ4v) is 8.45. The third-order valence-corrected chi connectivity index (χ3v) is 10.4. The Labute approximate surface area is 242 Å². The molecule has 0 saturated heterocycles. The Kier molecular flexibility index (Phi) is 4.61. The lowest BCUT2D eigenvalue weighted by Gasteiger charge is -2.22. The molecular weight excluding hydrogens is 515 g/mol. The first-order valence-corrected chi connectivity index (χ1v) is 15.1. The Morgan fingerprint density at radius 2 is 1.27 bits per heavy atom. The van der Waals surface area contributed by atoms with Gasteiger partial charge in [-0.3, -0.25) is 0 Å². The van der Waals surface area contributed by atoms with Crippen molar-refractivity contribution < 1.29 is 0 Å². The van der Waals surface area contributed by atoms with E-state index >= 15 is 0 Å². The average molecular weight is 542 g/mol. The number of aromatic nitrogens is 1. The fraction of sp³-hybridized carbons (Fsp3) is 0.0769. The summed E-state index contributed by atoms with van der Waals surface area (Å²) >= 11 is 1.90. The number of hydrogen-bond donors (Lipinski definition) is 0. The molecule has 1 aliphatic carbocycles. The highest BCUT2D eigenvalue weighted by Gasteiger charge is 2.35. The zero-order valence-electron chi connectivity index (χ0n) is 23.0. The third-order valence-electron chi connectivity index (χ3n) is 9.20. The molecule has 0 N–H and O–H groups in total. The largest absolute Gasteiger partial charge is 0.308 e. The van der Waals surface area contributed by atoms with Gasteiger partial charge in [0.15, 0.2) is 0 Å². The number of benzene rings is 6. The molecule has 1 nitrogen and oxygen atoms in total. The van der Waals surface area contributed by atoms with Crippen LogP contribution in [0.4, 0.5) is 0 Å². The van der Waals surface area contributed by atoms with E-state index in [1.165, 1.54) is 81.0 Å². The van der Waals surface area contributed by atoms with E-state index < -0.39 is 0 Å². The molecule has 0 atom stereocenters. The first-order valence-electron chi connectivity index (χ1n) is 14.3. The molecule has 0 bridgehead atoms. The smallest absolute Gasteiger partial charge is 0.0719 e. The SMILES string of the molecule is CC1(C)c2ccccc2-c2ccc(-c3cccc(-n4c5ccccc5c5ccc6c7ccccc7sc6c54)c3)cc21. The first-order chi connectivity index (χ1) is 20.1. The van der Waals surface area contributed by atoms with Crippen molar-refractivity contribution in [1.29, 1.82) is 0 Å². The van der Waals surface area contributed by atoms with Gasteiger partial charge in [0.05, 0.1) is 15.7 Å². The number of nitrogens with zero attached hydrogens (tertiary/aromatic N) is 1. The maximum atomic E-state index is 2.49. The van der Waals surface area contributed by atoms with E-state index in [9.17, 15) is 0 Å². The summed E-state index contributed by atoms with van der Waals surface area (Å²) < 4.78 is 5.17. The van der Waals surface area contributed by atoms with Gasteiger partial charge in [0.1, 0.15) is 0 Å². The van der Waals surface area contributed by atoms with Gasteiger partial charge in [0, 0.05) is 37.3 Å². The summed E-state index contributed by atoms with van der Waals surface area (Å²) in [5.74, 6) is 0. The van der Waals surface area contributed by atoms with Crippen molar-refractivity contribution in [2.24, 2.45) is 0 Å². The molecule has 0 unspecified atom stereocenters. The minimum Gasteiger partial charge on any atom is -0.308 e. The Morgan fingerprint density at radius 1 is 0.537 bits per heavy atom. The van der Waals surface area contributed by atoms with Crippen LogP contribution in [-0.4, -0.2) is 4.57 Å². The first kappa shape index (κ1) is 23.1. The summed E-state index contributed by atoms with van der Waals surface area (Å²) in [5.41, 5.74) is 11.8. The molecule has 2 heteroatoms. The number of hydrogen-bond acceptors (Lipinski definition) is 1. The highest BCUT2D eigenvalue weighted by molar-refractivity contribution is 7.26. The standard InChI is InChI=1S/C39H27NS/c1-39(2)33-15-6-3-12-27(33)28-19-18-25(23-34(28)39)24-10-9-11-26(22-24)40-35-16-7-4-13-29(35)31-20-21-32-30-14-5-8-17-36(30)41-38(32)37(31)40/h3-23H,1-2H3. The molecule has 2 heterocycles. The number of para-hydroxylation sites is 1. The average Bonchev–Trinajstić information content (AvgIpc) is 3.63. The molecular formula is C39H27NS. The van der Waals surface area contributed by atoms with Crippen LogP contribution in [0.15, 0.2) is 127 Å². The van der Waals surface area contributed by atoms with Crippen LogP contribution >= 0.6 is 11.3 Å². The minimum absolute atomic E-state index is 0.0147. The maximum absolute atomic E-state index is 2.49. The Morgan fingerprint density at radius 3 is 2.20 bits per heavy atom. The highest BCUT2D eigenvalue weighted by Crippen LogP contribution is 2.49. The van der Waals surface area contributed by atoms with Crippen molar-refractivity contribution in [2.75, 3.05) is 0 Å². The molecule has 8 aromatic rings. The van der Waals surface area contributed by atoms with Gasteiger partial charge < -0.3 is 4.57 Å². The van der Waals surface area contributed by atoms with Crippen LogP contribution < -0.4 is 0 Å². The lowest BCUT2D eigenvalue weighted by molar-refractivity contribution is 0.660. The molecule has 41 heavy (non-hydrogen) atoms. The summed E-state index contributed by atoms with van der Waals surface area (Å²) in [6.45, 7) is 4.71. The van der Waals surface area contributed by atoms with Gasteiger partial charge in [0.25, 0.3) is 0 Å². The number of fused-ring (bicyclic) bond motifs is 10. The normalized spacial score (nSPS) is 13.8. The molecule has 0 saturated carbocycles. The van der Waals surface area contributed by atoms with Crippen molar-refractivity contribution in [1.82, 2.24) is 4.57 Å². The molecule has 0 spiro atoms. The van der Waals surface area contributed by atoms with Crippen molar-refractivity contribution in [2.45, 2.75) is 19.3 Å². The molecule has 0 fully saturated rings. The minimum atomic E-state index is -0.0147. The van der Waals surface area contributed by atoms with Crippen molar-refractivity contribution in [3.63, 3.8) is 0 Å². The van der Waals surface area contributed by atoms with E-state index in [0.29, 0.717) is 0 Å². The highest BCUT2D eigenvalue weighted by atomic mass is 32.1. The monoisotopic (exact) mass is 541 g/mol. The number of rotatable bonds is 2. The van der Waals surface area contributed by atoms with Crippen LogP contribution in [0.2, 0.25) is 0 Å². The van der Waals surface area contributed by atoms with Crippen LogP contribution in [0.25, 0.3) is 69.9 Å². The van der Waals surface area contributed by atoms with Gasteiger partial charge in [-0.05, 0) is 63.7 Å². The summed E-state index contributed by atoms with van der Waals surface area (Å²) in [4.78, 5) is 0. The van der Waals surface area contributed by atoms with E-state index in [1.807, 2.05) is 11.3 Å². The molecule has 6 aromatic carbocycles. The fourth-order valence-electron chi connectivity index (χ4n) is 7.21. The second-order valence-corrected chi connectivity index (χ2v) is 12.8. The topological polar surface area (TPSA) is 4.93 Å². The van der Waals surface area contributed by atoms with Crippen molar-refractivity contribution in [3.05, 3.63) is 139 Å². The third kappa shape index (κ3) is 3.11. The second kappa shape index (κ2) is 8.19. The predicted molar refractivity (Wildman–Crippen MR) is 177 cm³/mol. The van der Waals surface area contributed by atoms with E-state index in [0.717, 1.165) is 0 Å². The Bertz CT molecular complexity index is 2350. The summed E-state index contributed by atoms with van der Waals surface area (Å²) in [7, 11) is 0. The zero-order valence-corrected chi connectivity index (χ0v) is 23.8. The lowest BCUT2D eigenvalue weighted by atomic mass is 9.81. The quantitative estimate of drug-likeness (QED) is 0.205. The van der Waals surface area contributed by atoms with E-state index in [1.54, 1.807) is 0 Å². The lowest BCUT2D eigenvalue weighted by Crippen LogP contribution is -2.14. The Balaban J connectivity index is 1.29. The van der Waals surface area contributed by atoms with E-state index in [4.69, 9.17) is 0 Å². The van der Waals surface area contributed by atoms with Crippen molar-refractivity contribution >= 4 is 53.3 Å². The predicted octanol–water partition coefficient (Wildman–Crippen LogP) is 11.1. The van der Waals surface area contributed by atoms with Gasteiger partial charge in [-0.25, -0.2) is 0 Å². The zero-order chi connectivity index (χ0) is 27.3. The summed E-state index contributed by atoms with van der Waals surface area (Å²) in [5, 5.41) is 5.27. The molecule has 0 radical (unpaired) electrons. The van der Waals surface area contributed by atoms with Crippen LogP contribution in [0.3, 0.4) is 0 Å². The van der Waals surface area contributed by atoms with Crippen LogP contribution in [0, 0.1) is 0 Å². The Hall–Kier alpha value is -4.66. The molecule has 194 valence electrons. The van der Waals surface area contributed by atoms with Crippen LogP contribution in [-0.2, 0) is 5.41 Å². The van der Waals surface area contributed by atoms with E-state index in [-0.39, 0.29) is 5.41 Å². The van der Waals surface area contributed by atoms with Crippen molar-refractivity contribution in [3.8, 4) is 27.9 Å². The molecule has 1 aliphatic rings. The molecule has 2 aromatic heterocycles. The van der Waals surface area contributed by atoms with E-state index in [2.05, 4.69) is 146 Å². The molecule has 9 rings (SSSR count). The van der Waals surface area contributed by atoms with Gasteiger partial charge in [-0.2, -0.15) is 0 Å². The maximum Gasteiger partial charge on any atom is 0.0719 e. The van der Waals surface area contributed by atoms with Crippen LogP contribution in [0.5, 0.6) is 0 Å². The second-order valence-electron chi connectivity index (χ2n) is 11.8. The van der Waals surface area contributed by atoms with Gasteiger partial charge in [-0.1, -0.05) is 111 Å². The summed E-state index contributed by atoms with van der Waals surface area (Å²) in [6.07, 6.45) is 0. The van der Waals surface area contributed by atoms with Gasteiger partial charge in [-0.15, -0.1) is 11.3 Å². The van der Waals surface area contributed by atoms with Crippen LogP contribution in [0.1, 0.15) is 25.0 Å². The number of thiophene rings is 1. The summed E-state index contributed by atoms with van der Waals surface area (Å²) in [6, 6.07) is 47.3. The van der Waals surface area contributed by atoms with Gasteiger partial charge >= 0.3 is 0 Å². The van der Waals surface area contributed by atoms with Gasteiger partial charge in [0.2, 0.25) is 0 Å². The molecule has 0 amide bonds. The molecule has 0 aliphatic heterocycles.